The zero-order valence-corrected chi connectivity index (χ0v) is 16.3. The van der Waals surface area contributed by atoms with Crippen molar-refractivity contribution in [3.8, 4) is 5.75 Å². The molecule has 4 rings (SSSR count). The van der Waals surface area contributed by atoms with Crippen molar-refractivity contribution in [2.24, 2.45) is 0 Å². The van der Waals surface area contributed by atoms with Gasteiger partial charge in [0.1, 0.15) is 17.7 Å². The van der Waals surface area contributed by atoms with Crippen LogP contribution in [0.5, 0.6) is 5.75 Å². The van der Waals surface area contributed by atoms with Crippen molar-refractivity contribution in [2.75, 3.05) is 20.1 Å². The van der Waals surface area contributed by atoms with Crippen molar-refractivity contribution in [3.63, 3.8) is 0 Å². The minimum Gasteiger partial charge on any atom is -0.508 e. The van der Waals surface area contributed by atoms with Crippen LogP contribution in [0.1, 0.15) is 35.9 Å². The number of benzene rings is 2. The van der Waals surface area contributed by atoms with E-state index >= 15 is 0 Å². The Morgan fingerprint density at radius 2 is 1.96 bits per heavy atom. The molecule has 0 radical (unpaired) electrons. The first kappa shape index (κ1) is 18.3. The zero-order valence-electron chi connectivity index (χ0n) is 15.6. The molecule has 5 nitrogen and oxygen atoms in total. The molecule has 0 aliphatic carbocycles. The zero-order chi connectivity index (χ0) is 19.0. The Morgan fingerprint density at radius 3 is 2.70 bits per heavy atom. The molecular formula is C21H24ClN3O2. The third-order valence-corrected chi connectivity index (χ3v) is 5.73. The van der Waals surface area contributed by atoms with Crippen molar-refractivity contribution in [1.82, 2.24) is 14.9 Å². The molecule has 6 heteroatoms. The number of halogens is 1. The van der Waals surface area contributed by atoms with Gasteiger partial charge in [0, 0.05) is 23.7 Å². The van der Waals surface area contributed by atoms with E-state index in [-0.39, 0.29) is 11.9 Å². The second kappa shape index (κ2) is 7.50. The van der Waals surface area contributed by atoms with Gasteiger partial charge in [-0.25, -0.2) is 4.98 Å². The van der Waals surface area contributed by atoms with Crippen LogP contribution in [0.25, 0.3) is 11.0 Å². The van der Waals surface area contributed by atoms with E-state index in [0.717, 1.165) is 48.1 Å². The Hall–Kier alpha value is -2.08. The Kier molecular flexibility index (Phi) is 5.08. The normalized spacial score (nSPS) is 17.4. The molecule has 142 valence electrons. The Labute approximate surface area is 163 Å². The van der Waals surface area contributed by atoms with E-state index in [1.807, 2.05) is 37.3 Å². The minimum absolute atomic E-state index is 0.128. The number of aryl methyl sites for hydroxylation is 1. The molecule has 3 aromatic rings. The summed E-state index contributed by atoms with van der Waals surface area (Å²) in [6, 6.07) is 11.1. The Morgan fingerprint density at radius 1 is 1.22 bits per heavy atom. The first-order valence-corrected chi connectivity index (χ1v) is 9.67. The molecule has 1 atom stereocenters. The number of fused-ring (bicyclic) bond motifs is 1. The number of rotatable bonds is 4. The van der Waals surface area contributed by atoms with Gasteiger partial charge in [0.2, 0.25) is 0 Å². The molecule has 2 N–H and O–H groups in total. The van der Waals surface area contributed by atoms with Gasteiger partial charge in [0.05, 0.1) is 17.1 Å². The van der Waals surface area contributed by atoms with Gasteiger partial charge < -0.3 is 19.7 Å². The average Bonchev–Trinajstić information content (AvgIpc) is 3.10. The lowest BCUT2D eigenvalue weighted by Gasteiger charge is -2.31. The van der Waals surface area contributed by atoms with Crippen molar-refractivity contribution < 1.29 is 9.84 Å². The summed E-state index contributed by atoms with van der Waals surface area (Å²) in [7, 11) is 2.13. The minimum atomic E-state index is -0.454. The lowest BCUT2D eigenvalue weighted by Crippen LogP contribution is -2.35. The van der Waals surface area contributed by atoms with Gasteiger partial charge in [0.15, 0.2) is 0 Å². The van der Waals surface area contributed by atoms with Crippen LogP contribution in [0.3, 0.4) is 0 Å². The van der Waals surface area contributed by atoms with Crippen LogP contribution in [-0.4, -0.2) is 46.2 Å². The number of imidazole rings is 1. The fourth-order valence-electron chi connectivity index (χ4n) is 3.64. The Bertz CT molecular complexity index is 948. The number of piperidine rings is 1. The highest BCUT2D eigenvalue weighted by Gasteiger charge is 2.27. The molecule has 0 spiro atoms. The highest BCUT2D eigenvalue weighted by atomic mass is 35.5. The largest absolute Gasteiger partial charge is 0.508 e. The first-order chi connectivity index (χ1) is 13.0. The van der Waals surface area contributed by atoms with E-state index < -0.39 is 6.10 Å². The number of hydrogen-bond donors (Lipinski definition) is 2. The summed E-state index contributed by atoms with van der Waals surface area (Å²) in [6.07, 6.45) is 1.60. The lowest BCUT2D eigenvalue weighted by atomic mass is 10.0. The molecule has 1 unspecified atom stereocenters. The maximum Gasteiger partial charge on any atom is 0.144 e. The van der Waals surface area contributed by atoms with Gasteiger partial charge in [-0.15, -0.1) is 0 Å². The lowest BCUT2D eigenvalue weighted by molar-refractivity contribution is -0.0271. The van der Waals surface area contributed by atoms with Crippen LogP contribution in [0, 0.1) is 6.92 Å². The van der Waals surface area contributed by atoms with Crippen molar-refractivity contribution >= 4 is 22.6 Å². The fraction of sp³-hybridized carbons (Fsp3) is 0.381. The van der Waals surface area contributed by atoms with Crippen LogP contribution < -0.4 is 0 Å². The molecule has 2 aromatic carbocycles. The summed E-state index contributed by atoms with van der Waals surface area (Å²) in [4.78, 5) is 10.5. The van der Waals surface area contributed by atoms with Gasteiger partial charge >= 0.3 is 0 Å². The second-order valence-electron chi connectivity index (χ2n) is 7.27. The van der Waals surface area contributed by atoms with Crippen molar-refractivity contribution in [3.05, 3.63) is 58.4 Å². The van der Waals surface area contributed by atoms with E-state index in [1.165, 1.54) is 0 Å². The van der Waals surface area contributed by atoms with E-state index in [0.29, 0.717) is 10.8 Å². The van der Waals surface area contributed by atoms with Crippen molar-refractivity contribution in [1.29, 1.82) is 0 Å². The highest BCUT2D eigenvalue weighted by molar-refractivity contribution is 6.32. The smallest absolute Gasteiger partial charge is 0.144 e. The van der Waals surface area contributed by atoms with E-state index in [4.69, 9.17) is 21.3 Å². The number of H-pyrrole nitrogens is 1. The number of aromatic hydroxyl groups is 1. The molecule has 0 saturated carbocycles. The number of aromatic nitrogens is 2. The second-order valence-corrected chi connectivity index (χ2v) is 7.68. The maximum absolute atomic E-state index is 10.4. The molecule has 1 aliphatic heterocycles. The van der Waals surface area contributed by atoms with Crippen LogP contribution >= 0.6 is 11.6 Å². The fourth-order valence-corrected chi connectivity index (χ4v) is 3.79. The molecule has 27 heavy (non-hydrogen) atoms. The van der Waals surface area contributed by atoms with Crippen LogP contribution in [0.4, 0.5) is 0 Å². The van der Waals surface area contributed by atoms with E-state index in [1.54, 1.807) is 6.07 Å². The number of ether oxygens (including phenoxy) is 1. The molecule has 1 fully saturated rings. The standard InChI is InChI=1S/C21H24ClN3O2/c1-13-16(22)7-8-17-19(13)24-21(23-17)20(15-5-3-4-6-18(15)26)27-14-9-11-25(2)12-10-14/h3-8,14,20,26H,9-12H2,1-2H3,(H,23,24). The number of phenols is 1. The van der Waals surface area contributed by atoms with Gasteiger partial charge in [-0.2, -0.15) is 0 Å². The number of phenolic OH excluding ortho intramolecular Hbond substituents is 1. The van der Waals surface area contributed by atoms with Crippen LogP contribution in [0.15, 0.2) is 36.4 Å². The summed E-state index contributed by atoms with van der Waals surface area (Å²) >= 11 is 6.26. The summed E-state index contributed by atoms with van der Waals surface area (Å²) in [6.45, 7) is 3.97. The van der Waals surface area contributed by atoms with Crippen LogP contribution in [-0.2, 0) is 4.74 Å². The SMILES string of the molecule is Cc1c(Cl)ccc2[nH]c(C(OC3CCN(C)CC3)c3ccccc3O)nc12. The monoisotopic (exact) mass is 385 g/mol. The summed E-state index contributed by atoms with van der Waals surface area (Å²) in [5.41, 5.74) is 3.41. The molecule has 0 bridgehead atoms. The molecule has 1 saturated heterocycles. The number of nitrogens with one attached hydrogen (secondary N) is 1. The quantitative estimate of drug-likeness (QED) is 0.697. The summed E-state index contributed by atoms with van der Waals surface area (Å²) in [5, 5.41) is 11.1. The summed E-state index contributed by atoms with van der Waals surface area (Å²) < 4.78 is 6.48. The molecule has 1 aromatic heterocycles. The topological polar surface area (TPSA) is 61.4 Å². The maximum atomic E-state index is 10.4. The van der Waals surface area contributed by atoms with Gasteiger partial charge in [-0.05, 0) is 50.6 Å². The first-order valence-electron chi connectivity index (χ1n) is 9.29. The average molecular weight is 386 g/mol. The third kappa shape index (κ3) is 3.68. The van der Waals surface area contributed by atoms with Crippen molar-refractivity contribution in [2.45, 2.75) is 32.0 Å². The molecule has 2 heterocycles. The van der Waals surface area contributed by atoms with E-state index in [9.17, 15) is 5.11 Å². The molecular weight excluding hydrogens is 362 g/mol. The Balaban J connectivity index is 1.73. The van der Waals surface area contributed by atoms with E-state index in [2.05, 4.69) is 16.9 Å². The number of para-hydroxylation sites is 1. The molecule has 0 amide bonds. The van der Waals surface area contributed by atoms with Crippen LogP contribution in [0.2, 0.25) is 5.02 Å². The highest BCUT2D eigenvalue weighted by Crippen LogP contribution is 2.35. The van der Waals surface area contributed by atoms with Gasteiger partial charge in [-0.1, -0.05) is 29.8 Å². The molecule has 1 aliphatic rings. The number of likely N-dealkylation sites (tertiary alicyclic amines) is 1. The number of nitrogens with zero attached hydrogens (tertiary/aromatic N) is 2. The predicted octanol–water partition coefficient (Wildman–Crippen LogP) is 4.43. The summed E-state index contributed by atoms with van der Waals surface area (Å²) in [5.74, 6) is 0.904. The number of hydrogen-bond acceptors (Lipinski definition) is 4. The number of aromatic amines is 1. The van der Waals surface area contributed by atoms with Gasteiger partial charge in [-0.3, -0.25) is 0 Å². The van der Waals surface area contributed by atoms with Gasteiger partial charge in [0.25, 0.3) is 0 Å². The third-order valence-electron chi connectivity index (χ3n) is 5.32. The predicted molar refractivity (Wildman–Crippen MR) is 107 cm³/mol.